The van der Waals surface area contributed by atoms with Gasteiger partial charge in [0.15, 0.2) is 0 Å². The SMILES string of the molecule is CCCOc1ccc2c(c1)C1C=CCC1C(c1c(C)cc(C)cc1C)N2. The van der Waals surface area contributed by atoms with Gasteiger partial charge in [0, 0.05) is 11.6 Å². The third-order valence-electron chi connectivity index (χ3n) is 5.86. The van der Waals surface area contributed by atoms with Crippen molar-refractivity contribution in [3.63, 3.8) is 0 Å². The number of rotatable bonds is 4. The topological polar surface area (TPSA) is 21.3 Å². The summed E-state index contributed by atoms with van der Waals surface area (Å²) in [5.74, 6) is 2.04. The normalized spacial score (nSPS) is 23.3. The monoisotopic (exact) mass is 347 g/mol. The van der Waals surface area contributed by atoms with Gasteiger partial charge in [-0.2, -0.15) is 0 Å². The molecule has 0 fully saturated rings. The van der Waals surface area contributed by atoms with Crippen molar-refractivity contribution in [3.8, 4) is 5.75 Å². The molecule has 2 heteroatoms. The van der Waals surface area contributed by atoms with E-state index in [1.54, 1.807) is 0 Å². The number of benzene rings is 2. The fraction of sp³-hybridized carbons (Fsp3) is 0.417. The molecular formula is C24H29NO. The lowest BCUT2D eigenvalue weighted by atomic mass is 9.75. The molecule has 2 nitrogen and oxygen atoms in total. The van der Waals surface area contributed by atoms with Crippen molar-refractivity contribution in [1.82, 2.24) is 0 Å². The van der Waals surface area contributed by atoms with E-state index < -0.39 is 0 Å². The molecule has 26 heavy (non-hydrogen) atoms. The highest BCUT2D eigenvalue weighted by Crippen LogP contribution is 2.51. The molecule has 2 aliphatic rings. The molecule has 0 radical (unpaired) electrons. The fourth-order valence-corrected chi connectivity index (χ4v) is 4.85. The molecule has 0 saturated heterocycles. The minimum atomic E-state index is 0.366. The summed E-state index contributed by atoms with van der Waals surface area (Å²) in [5, 5.41) is 3.87. The predicted octanol–water partition coefficient (Wildman–Crippen LogP) is 6.23. The quantitative estimate of drug-likeness (QED) is 0.662. The average Bonchev–Trinajstić information content (AvgIpc) is 3.09. The number of allylic oxidation sites excluding steroid dienone is 2. The van der Waals surface area contributed by atoms with Crippen LogP contribution in [0.5, 0.6) is 5.75 Å². The Morgan fingerprint density at radius 2 is 1.85 bits per heavy atom. The standard InChI is InChI=1S/C24H29NO/c1-5-11-26-18-9-10-22-21(14-18)19-7-6-8-20(19)24(25-22)23-16(3)12-15(2)13-17(23)4/h6-7,9-10,12-14,19-20,24-25H,5,8,11H2,1-4H3. The third-order valence-corrected chi connectivity index (χ3v) is 5.86. The van der Waals surface area contributed by atoms with Gasteiger partial charge in [-0.15, -0.1) is 0 Å². The van der Waals surface area contributed by atoms with Crippen LogP contribution in [0.2, 0.25) is 0 Å². The Hall–Kier alpha value is -2.22. The molecule has 0 aromatic heterocycles. The second-order valence-corrected chi connectivity index (χ2v) is 7.89. The average molecular weight is 348 g/mol. The van der Waals surface area contributed by atoms with Gasteiger partial charge in [-0.05, 0) is 80.0 Å². The van der Waals surface area contributed by atoms with E-state index in [-0.39, 0.29) is 0 Å². The number of hydrogen-bond acceptors (Lipinski definition) is 2. The zero-order chi connectivity index (χ0) is 18.3. The molecule has 136 valence electrons. The largest absolute Gasteiger partial charge is 0.494 e. The van der Waals surface area contributed by atoms with Crippen molar-refractivity contribution >= 4 is 5.69 Å². The van der Waals surface area contributed by atoms with Crippen molar-refractivity contribution in [1.29, 1.82) is 0 Å². The molecule has 0 bridgehead atoms. The first-order valence-electron chi connectivity index (χ1n) is 9.86. The molecule has 0 spiro atoms. The number of nitrogens with one attached hydrogen (secondary N) is 1. The Bertz CT molecular complexity index is 828. The van der Waals surface area contributed by atoms with Crippen LogP contribution in [-0.2, 0) is 0 Å². The zero-order valence-electron chi connectivity index (χ0n) is 16.3. The highest BCUT2D eigenvalue weighted by atomic mass is 16.5. The zero-order valence-corrected chi connectivity index (χ0v) is 16.3. The number of ether oxygens (including phenoxy) is 1. The van der Waals surface area contributed by atoms with Gasteiger partial charge in [0.25, 0.3) is 0 Å². The summed E-state index contributed by atoms with van der Waals surface area (Å²) in [4.78, 5) is 0. The summed E-state index contributed by atoms with van der Waals surface area (Å²) in [6.45, 7) is 9.62. The molecule has 3 atom stereocenters. The van der Waals surface area contributed by atoms with Crippen LogP contribution in [0.1, 0.15) is 59.5 Å². The van der Waals surface area contributed by atoms with Crippen molar-refractivity contribution in [2.45, 2.75) is 52.5 Å². The molecule has 3 unspecified atom stereocenters. The maximum Gasteiger partial charge on any atom is 0.119 e. The lowest BCUT2D eigenvalue weighted by Crippen LogP contribution is -2.30. The maximum atomic E-state index is 5.88. The minimum absolute atomic E-state index is 0.366. The lowest BCUT2D eigenvalue weighted by Gasteiger charge is -2.39. The smallest absolute Gasteiger partial charge is 0.119 e. The van der Waals surface area contributed by atoms with Gasteiger partial charge in [0.05, 0.1) is 12.6 Å². The Kier molecular flexibility index (Phi) is 4.52. The van der Waals surface area contributed by atoms with Crippen LogP contribution < -0.4 is 10.1 Å². The fourth-order valence-electron chi connectivity index (χ4n) is 4.85. The van der Waals surface area contributed by atoms with Gasteiger partial charge in [0.1, 0.15) is 5.75 Å². The number of aryl methyl sites for hydroxylation is 3. The number of fused-ring (bicyclic) bond motifs is 3. The van der Waals surface area contributed by atoms with Crippen molar-refractivity contribution in [2.75, 3.05) is 11.9 Å². The van der Waals surface area contributed by atoms with Gasteiger partial charge in [-0.3, -0.25) is 0 Å². The first-order valence-corrected chi connectivity index (χ1v) is 9.86. The summed E-state index contributed by atoms with van der Waals surface area (Å²) in [6.07, 6.45) is 6.93. The van der Waals surface area contributed by atoms with Gasteiger partial charge in [-0.1, -0.05) is 36.8 Å². The summed E-state index contributed by atoms with van der Waals surface area (Å²) in [7, 11) is 0. The van der Waals surface area contributed by atoms with Gasteiger partial charge >= 0.3 is 0 Å². The van der Waals surface area contributed by atoms with Crippen LogP contribution in [0, 0.1) is 26.7 Å². The molecule has 2 aromatic rings. The van der Waals surface area contributed by atoms with Crippen LogP contribution in [-0.4, -0.2) is 6.61 Å². The Labute approximate surface area is 157 Å². The molecular weight excluding hydrogens is 318 g/mol. The first-order chi connectivity index (χ1) is 12.6. The summed E-state index contributed by atoms with van der Waals surface area (Å²) < 4.78 is 5.88. The van der Waals surface area contributed by atoms with Crippen LogP contribution in [0.4, 0.5) is 5.69 Å². The highest BCUT2D eigenvalue weighted by molar-refractivity contribution is 5.62. The van der Waals surface area contributed by atoms with Crippen LogP contribution in [0.3, 0.4) is 0 Å². The van der Waals surface area contributed by atoms with Crippen LogP contribution >= 0.6 is 0 Å². The van der Waals surface area contributed by atoms with Crippen molar-refractivity contribution < 1.29 is 4.74 Å². The van der Waals surface area contributed by atoms with E-state index in [9.17, 15) is 0 Å². The highest BCUT2D eigenvalue weighted by Gasteiger charge is 2.39. The van der Waals surface area contributed by atoms with E-state index in [1.165, 1.54) is 33.5 Å². The van der Waals surface area contributed by atoms with E-state index in [0.29, 0.717) is 17.9 Å². The number of anilines is 1. The molecule has 1 N–H and O–H groups in total. The van der Waals surface area contributed by atoms with Crippen LogP contribution in [0.15, 0.2) is 42.5 Å². The minimum Gasteiger partial charge on any atom is -0.494 e. The molecule has 1 aliphatic heterocycles. The number of hydrogen-bond donors (Lipinski definition) is 1. The molecule has 0 saturated carbocycles. The first kappa shape index (κ1) is 17.2. The Balaban J connectivity index is 1.74. The van der Waals surface area contributed by atoms with Crippen molar-refractivity contribution in [2.24, 2.45) is 5.92 Å². The van der Waals surface area contributed by atoms with Crippen molar-refractivity contribution in [3.05, 3.63) is 70.3 Å². The Morgan fingerprint density at radius 3 is 2.58 bits per heavy atom. The summed E-state index contributed by atoms with van der Waals surface area (Å²) in [5.41, 5.74) is 8.26. The van der Waals surface area contributed by atoms with Gasteiger partial charge < -0.3 is 10.1 Å². The van der Waals surface area contributed by atoms with E-state index in [1.807, 2.05) is 0 Å². The predicted molar refractivity (Wildman–Crippen MR) is 109 cm³/mol. The third kappa shape index (κ3) is 2.92. The summed E-state index contributed by atoms with van der Waals surface area (Å²) in [6, 6.07) is 11.6. The second-order valence-electron chi connectivity index (χ2n) is 7.89. The van der Waals surface area contributed by atoms with Gasteiger partial charge in [0.2, 0.25) is 0 Å². The molecule has 4 rings (SSSR count). The lowest BCUT2D eigenvalue weighted by molar-refractivity contribution is 0.316. The van der Waals surface area contributed by atoms with E-state index in [2.05, 4.69) is 75.5 Å². The molecule has 2 aromatic carbocycles. The Morgan fingerprint density at radius 1 is 1.08 bits per heavy atom. The summed E-state index contributed by atoms with van der Waals surface area (Å²) >= 11 is 0. The van der Waals surface area contributed by atoms with E-state index >= 15 is 0 Å². The van der Waals surface area contributed by atoms with Gasteiger partial charge in [-0.25, -0.2) is 0 Å². The second kappa shape index (κ2) is 6.83. The maximum absolute atomic E-state index is 5.88. The molecule has 1 aliphatic carbocycles. The van der Waals surface area contributed by atoms with Crippen LogP contribution in [0.25, 0.3) is 0 Å². The molecule has 0 amide bonds. The molecule has 1 heterocycles. The van der Waals surface area contributed by atoms with E-state index in [4.69, 9.17) is 4.74 Å². The van der Waals surface area contributed by atoms with E-state index in [0.717, 1.165) is 25.2 Å².